The van der Waals surface area contributed by atoms with E-state index in [0.717, 1.165) is 14.8 Å². The highest BCUT2D eigenvalue weighted by molar-refractivity contribution is 7.98. The first kappa shape index (κ1) is 20.3. The first-order valence-electron chi connectivity index (χ1n) is 7.70. The smallest absolute Gasteiger partial charge is 0.338 e. The molecule has 0 radical (unpaired) electrons. The SMILES string of the molecule is COc1ccc(C(=O)OCc2ccc(SC)cc2)cc1S(=O)(=O)N(C)C. The molecular formula is C18H21NO5S2. The highest BCUT2D eigenvalue weighted by atomic mass is 32.2. The van der Waals surface area contributed by atoms with E-state index >= 15 is 0 Å². The standard InChI is InChI=1S/C18H21NO5S2/c1-19(2)26(21,22)17-11-14(7-10-16(17)23-3)18(20)24-12-13-5-8-15(25-4)9-6-13/h5-11H,12H2,1-4H3. The highest BCUT2D eigenvalue weighted by Gasteiger charge is 2.24. The Bertz CT molecular complexity index is 877. The average molecular weight is 396 g/mol. The topological polar surface area (TPSA) is 72.9 Å². The van der Waals surface area contributed by atoms with Gasteiger partial charge in [0, 0.05) is 19.0 Å². The van der Waals surface area contributed by atoms with Gasteiger partial charge < -0.3 is 9.47 Å². The summed E-state index contributed by atoms with van der Waals surface area (Å²) in [5, 5.41) is 0. The first-order valence-corrected chi connectivity index (χ1v) is 10.4. The second kappa shape index (κ2) is 8.57. The molecule has 26 heavy (non-hydrogen) atoms. The average Bonchev–Trinajstić information content (AvgIpc) is 2.65. The highest BCUT2D eigenvalue weighted by Crippen LogP contribution is 2.27. The van der Waals surface area contributed by atoms with Crippen LogP contribution >= 0.6 is 11.8 Å². The van der Waals surface area contributed by atoms with Gasteiger partial charge in [0.2, 0.25) is 10.0 Å². The van der Waals surface area contributed by atoms with E-state index < -0.39 is 16.0 Å². The molecule has 0 atom stereocenters. The van der Waals surface area contributed by atoms with Crippen LogP contribution in [0.15, 0.2) is 52.3 Å². The zero-order valence-electron chi connectivity index (χ0n) is 15.1. The van der Waals surface area contributed by atoms with Gasteiger partial charge in [0.25, 0.3) is 0 Å². The quantitative estimate of drug-likeness (QED) is 0.530. The monoisotopic (exact) mass is 395 g/mol. The van der Waals surface area contributed by atoms with Crippen LogP contribution in [-0.2, 0) is 21.4 Å². The molecular weight excluding hydrogens is 374 g/mol. The number of ether oxygens (including phenoxy) is 2. The van der Waals surface area contributed by atoms with Crippen molar-refractivity contribution in [2.24, 2.45) is 0 Å². The molecule has 0 N–H and O–H groups in total. The van der Waals surface area contributed by atoms with Crippen LogP contribution in [0.5, 0.6) is 5.75 Å². The second-order valence-electron chi connectivity index (χ2n) is 5.58. The summed E-state index contributed by atoms with van der Waals surface area (Å²) in [5.74, 6) is -0.431. The maximum absolute atomic E-state index is 12.4. The predicted octanol–water partition coefficient (Wildman–Crippen LogP) is 3.02. The molecule has 2 aromatic rings. The molecule has 6 nitrogen and oxygen atoms in total. The number of esters is 1. The van der Waals surface area contributed by atoms with Crippen molar-refractivity contribution in [2.75, 3.05) is 27.5 Å². The number of methoxy groups -OCH3 is 1. The van der Waals surface area contributed by atoms with E-state index in [9.17, 15) is 13.2 Å². The van der Waals surface area contributed by atoms with E-state index in [1.54, 1.807) is 11.8 Å². The Kier molecular flexibility index (Phi) is 6.69. The lowest BCUT2D eigenvalue weighted by Crippen LogP contribution is -2.23. The molecule has 140 valence electrons. The third kappa shape index (κ3) is 4.57. The Balaban J connectivity index is 2.20. The summed E-state index contributed by atoms with van der Waals surface area (Å²) in [5.41, 5.74) is 0.998. The van der Waals surface area contributed by atoms with Gasteiger partial charge in [0.15, 0.2) is 0 Å². The van der Waals surface area contributed by atoms with Crippen LogP contribution in [0.2, 0.25) is 0 Å². The van der Waals surface area contributed by atoms with Crippen LogP contribution in [0.1, 0.15) is 15.9 Å². The predicted molar refractivity (Wildman–Crippen MR) is 101 cm³/mol. The number of hydrogen-bond acceptors (Lipinski definition) is 6. The minimum Gasteiger partial charge on any atom is -0.495 e. The van der Waals surface area contributed by atoms with Gasteiger partial charge in [-0.05, 0) is 42.2 Å². The summed E-state index contributed by atoms with van der Waals surface area (Å²) in [6, 6.07) is 11.9. The Morgan fingerprint density at radius 2 is 1.77 bits per heavy atom. The molecule has 0 saturated carbocycles. The van der Waals surface area contributed by atoms with E-state index in [-0.39, 0.29) is 22.8 Å². The third-order valence-corrected chi connectivity index (χ3v) is 6.27. The van der Waals surface area contributed by atoms with E-state index in [1.807, 2.05) is 30.5 Å². The number of nitrogens with zero attached hydrogens (tertiary/aromatic N) is 1. The third-order valence-electron chi connectivity index (χ3n) is 3.69. The molecule has 0 aromatic heterocycles. The Morgan fingerprint density at radius 1 is 1.12 bits per heavy atom. The lowest BCUT2D eigenvalue weighted by Gasteiger charge is -2.15. The number of carbonyl (C=O) groups is 1. The molecule has 0 heterocycles. The van der Waals surface area contributed by atoms with E-state index in [4.69, 9.17) is 9.47 Å². The number of rotatable bonds is 7. The number of carbonyl (C=O) groups excluding carboxylic acids is 1. The molecule has 0 fully saturated rings. The fourth-order valence-corrected chi connectivity index (χ4v) is 3.64. The van der Waals surface area contributed by atoms with Crippen molar-refractivity contribution < 1.29 is 22.7 Å². The van der Waals surface area contributed by atoms with Gasteiger partial charge >= 0.3 is 5.97 Å². The summed E-state index contributed by atoms with van der Waals surface area (Å²) in [7, 11) is 0.452. The minimum atomic E-state index is -3.75. The van der Waals surface area contributed by atoms with Gasteiger partial charge in [-0.25, -0.2) is 17.5 Å². The van der Waals surface area contributed by atoms with Crippen LogP contribution in [0.3, 0.4) is 0 Å². The lowest BCUT2D eigenvalue weighted by atomic mass is 10.2. The van der Waals surface area contributed by atoms with Crippen molar-refractivity contribution in [3.63, 3.8) is 0 Å². The molecule has 0 aliphatic heterocycles. The lowest BCUT2D eigenvalue weighted by molar-refractivity contribution is 0.0472. The van der Waals surface area contributed by atoms with Gasteiger partial charge in [0.1, 0.15) is 17.3 Å². The minimum absolute atomic E-state index is 0.0798. The zero-order chi connectivity index (χ0) is 19.3. The first-order chi connectivity index (χ1) is 12.3. The van der Waals surface area contributed by atoms with Crippen molar-refractivity contribution in [3.05, 3.63) is 53.6 Å². The Hall–Kier alpha value is -2.03. The summed E-state index contributed by atoms with van der Waals surface area (Å²) in [6.07, 6.45) is 1.98. The van der Waals surface area contributed by atoms with E-state index in [1.165, 1.54) is 39.4 Å². The molecule has 0 spiro atoms. The zero-order valence-corrected chi connectivity index (χ0v) is 16.7. The Morgan fingerprint density at radius 3 is 2.31 bits per heavy atom. The summed E-state index contributed by atoms with van der Waals surface area (Å²) in [4.78, 5) is 13.4. The van der Waals surface area contributed by atoms with Crippen molar-refractivity contribution in [1.82, 2.24) is 4.31 Å². The maximum atomic E-state index is 12.4. The maximum Gasteiger partial charge on any atom is 0.338 e. The van der Waals surface area contributed by atoms with Crippen LogP contribution in [0, 0.1) is 0 Å². The largest absolute Gasteiger partial charge is 0.495 e. The van der Waals surface area contributed by atoms with Crippen molar-refractivity contribution in [2.45, 2.75) is 16.4 Å². The fraction of sp³-hybridized carbons (Fsp3) is 0.278. The molecule has 8 heteroatoms. The van der Waals surface area contributed by atoms with Gasteiger partial charge in [-0.1, -0.05) is 12.1 Å². The van der Waals surface area contributed by atoms with E-state index in [0.29, 0.717) is 0 Å². The van der Waals surface area contributed by atoms with Crippen LogP contribution < -0.4 is 4.74 Å². The van der Waals surface area contributed by atoms with Crippen LogP contribution in [0.25, 0.3) is 0 Å². The Labute approximate surface area is 158 Å². The van der Waals surface area contributed by atoms with Crippen LogP contribution in [-0.4, -0.2) is 46.2 Å². The number of benzene rings is 2. The van der Waals surface area contributed by atoms with Gasteiger partial charge in [-0.2, -0.15) is 0 Å². The second-order valence-corrected chi connectivity index (χ2v) is 8.58. The van der Waals surface area contributed by atoms with Crippen molar-refractivity contribution in [3.8, 4) is 5.75 Å². The van der Waals surface area contributed by atoms with Gasteiger partial charge in [-0.3, -0.25) is 0 Å². The number of hydrogen-bond donors (Lipinski definition) is 0. The molecule has 2 rings (SSSR count). The summed E-state index contributed by atoms with van der Waals surface area (Å²) < 4.78 is 36.3. The fourth-order valence-electron chi connectivity index (χ4n) is 2.16. The molecule has 0 saturated heterocycles. The molecule has 0 unspecified atom stereocenters. The van der Waals surface area contributed by atoms with Gasteiger partial charge in [-0.15, -0.1) is 11.8 Å². The number of thioether (sulfide) groups is 1. The molecule has 0 aliphatic carbocycles. The molecule has 2 aromatic carbocycles. The van der Waals surface area contributed by atoms with Crippen LogP contribution in [0.4, 0.5) is 0 Å². The summed E-state index contributed by atoms with van der Waals surface area (Å²) in [6.45, 7) is 0.106. The molecule has 0 bridgehead atoms. The van der Waals surface area contributed by atoms with Gasteiger partial charge in [0.05, 0.1) is 12.7 Å². The number of sulfonamides is 1. The molecule has 0 amide bonds. The summed E-state index contributed by atoms with van der Waals surface area (Å²) >= 11 is 1.63. The van der Waals surface area contributed by atoms with Crippen molar-refractivity contribution in [1.29, 1.82) is 0 Å². The molecule has 0 aliphatic rings. The normalized spacial score (nSPS) is 11.4. The van der Waals surface area contributed by atoms with E-state index in [2.05, 4.69) is 0 Å². The van der Waals surface area contributed by atoms with Crippen molar-refractivity contribution >= 4 is 27.8 Å².